The summed E-state index contributed by atoms with van der Waals surface area (Å²) in [5.41, 5.74) is 1.10. The van der Waals surface area contributed by atoms with Gasteiger partial charge in [0.05, 0.1) is 5.69 Å². The van der Waals surface area contributed by atoms with Gasteiger partial charge in [-0.05, 0) is 25.0 Å². The molecule has 2 rings (SSSR count). The molecule has 0 heterocycles. The van der Waals surface area contributed by atoms with E-state index < -0.39 is 5.97 Å². The van der Waals surface area contributed by atoms with Crippen LogP contribution < -0.4 is 4.90 Å². The molecule has 0 bridgehead atoms. The first kappa shape index (κ1) is 13.6. The van der Waals surface area contributed by atoms with Crippen molar-refractivity contribution in [1.82, 2.24) is 0 Å². The molecule has 1 aliphatic rings. The summed E-state index contributed by atoms with van der Waals surface area (Å²) in [6.07, 6.45) is 6.96. The number of para-hydroxylation sites is 1. The van der Waals surface area contributed by atoms with Crippen LogP contribution in [-0.4, -0.2) is 24.2 Å². The summed E-state index contributed by atoms with van der Waals surface area (Å²) in [7, 11) is 1.88. The number of anilines is 1. The van der Waals surface area contributed by atoms with Crippen LogP contribution in [0.15, 0.2) is 24.3 Å². The lowest BCUT2D eigenvalue weighted by molar-refractivity contribution is -0.131. The molecule has 0 unspecified atom stereocenters. The highest BCUT2D eigenvalue weighted by Crippen LogP contribution is 2.31. The Hall–Kier alpha value is -1.84. The maximum Gasteiger partial charge on any atom is 0.328 e. The minimum absolute atomic E-state index is 0.304. The van der Waals surface area contributed by atoms with Crippen molar-refractivity contribution in [2.24, 2.45) is 0 Å². The molecule has 3 nitrogen and oxygen atoms in total. The fourth-order valence-electron chi connectivity index (χ4n) is 2.67. The molecule has 4 heteroatoms. The van der Waals surface area contributed by atoms with E-state index in [1.807, 2.05) is 11.9 Å². The number of carboxylic acid groups (broad SMARTS) is 1. The molecule has 102 valence electrons. The predicted molar refractivity (Wildman–Crippen MR) is 73.7 cm³/mol. The SMILES string of the molecule is CN(c1c(F)cccc1/C=C/C(=O)O)C1CCCC1. The normalized spacial score (nSPS) is 16.1. The standard InChI is InChI=1S/C15H18FNO2/c1-17(12-6-2-3-7-12)15-11(9-10-14(18)19)5-4-8-13(15)16/h4-5,8-10,12H,2-3,6-7H2,1H3,(H,18,19)/b10-9+. The fraction of sp³-hybridized carbons (Fsp3) is 0.400. The topological polar surface area (TPSA) is 40.5 Å². The van der Waals surface area contributed by atoms with E-state index in [1.54, 1.807) is 12.1 Å². The Morgan fingerprint density at radius 2 is 2.11 bits per heavy atom. The van der Waals surface area contributed by atoms with Crippen molar-refractivity contribution in [3.05, 3.63) is 35.7 Å². The van der Waals surface area contributed by atoms with Gasteiger partial charge in [-0.15, -0.1) is 0 Å². The maximum absolute atomic E-state index is 14.1. The quantitative estimate of drug-likeness (QED) is 0.847. The Bertz CT molecular complexity index is 493. The zero-order valence-corrected chi connectivity index (χ0v) is 11.0. The lowest BCUT2D eigenvalue weighted by atomic mass is 10.1. The van der Waals surface area contributed by atoms with Crippen LogP contribution in [-0.2, 0) is 4.79 Å². The van der Waals surface area contributed by atoms with Crippen LogP contribution in [0.4, 0.5) is 10.1 Å². The maximum atomic E-state index is 14.1. The van der Waals surface area contributed by atoms with Gasteiger partial charge in [0.15, 0.2) is 0 Å². The number of halogens is 1. The molecule has 1 N–H and O–H groups in total. The highest BCUT2D eigenvalue weighted by atomic mass is 19.1. The second kappa shape index (κ2) is 5.87. The molecule has 0 aliphatic heterocycles. The van der Waals surface area contributed by atoms with E-state index in [-0.39, 0.29) is 5.82 Å². The van der Waals surface area contributed by atoms with Gasteiger partial charge >= 0.3 is 5.97 Å². The summed E-state index contributed by atoms with van der Waals surface area (Å²) in [4.78, 5) is 12.5. The van der Waals surface area contributed by atoms with E-state index in [4.69, 9.17) is 5.11 Å². The van der Waals surface area contributed by atoms with Gasteiger partial charge in [0.1, 0.15) is 5.82 Å². The first-order valence-corrected chi connectivity index (χ1v) is 6.52. The average molecular weight is 263 g/mol. The second-order valence-corrected chi connectivity index (χ2v) is 4.90. The monoisotopic (exact) mass is 263 g/mol. The number of carboxylic acids is 1. The van der Waals surface area contributed by atoms with Gasteiger partial charge in [-0.1, -0.05) is 25.0 Å². The molecule has 0 saturated heterocycles. The van der Waals surface area contributed by atoms with E-state index in [0.717, 1.165) is 18.9 Å². The number of hydrogen-bond acceptors (Lipinski definition) is 2. The van der Waals surface area contributed by atoms with E-state index in [9.17, 15) is 9.18 Å². The lowest BCUT2D eigenvalue weighted by Crippen LogP contribution is -2.30. The largest absolute Gasteiger partial charge is 0.478 e. The number of aliphatic carboxylic acids is 1. The van der Waals surface area contributed by atoms with E-state index >= 15 is 0 Å². The minimum Gasteiger partial charge on any atom is -0.478 e. The number of hydrogen-bond donors (Lipinski definition) is 1. The van der Waals surface area contributed by atoms with Gasteiger partial charge in [-0.3, -0.25) is 0 Å². The number of rotatable bonds is 4. The van der Waals surface area contributed by atoms with Crippen LogP contribution in [0.2, 0.25) is 0 Å². The van der Waals surface area contributed by atoms with Crippen molar-refractivity contribution in [1.29, 1.82) is 0 Å². The first-order chi connectivity index (χ1) is 9.09. The molecule has 1 saturated carbocycles. The molecule has 1 aliphatic carbocycles. The fourth-order valence-corrected chi connectivity index (χ4v) is 2.67. The summed E-state index contributed by atoms with van der Waals surface area (Å²) in [5.74, 6) is -1.33. The first-order valence-electron chi connectivity index (χ1n) is 6.52. The van der Waals surface area contributed by atoms with Crippen molar-refractivity contribution in [3.63, 3.8) is 0 Å². The van der Waals surface area contributed by atoms with Gasteiger partial charge in [0.25, 0.3) is 0 Å². The highest BCUT2D eigenvalue weighted by molar-refractivity contribution is 5.87. The Kier molecular flexibility index (Phi) is 4.20. The minimum atomic E-state index is -1.03. The molecule has 1 fully saturated rings. The Morgan fingerprint density at radius 1 is 1.42 bits per heavy atom. The summed E-state index contributed by atoms with van der Waals surface area (Å²) in [6, 6.07) is 5.10. The van der Waals surface area contributed by atoms with E-state index in [2.05, 4.69) is 0 Å². The van der Waals surface area contributed by atoms with Gasteiger partial charge in [-0.2, -0.15) is 0 Å². The average Bonchev–Trinajstić information content (AvgIpc) is 2.89. The number of benzene rings is 1. The molecular weight excluding hydrogens is 245 g/mol. The molecule has 1 aromatic rings. The van der Waals surface area contributed by atoms with Crippen molar-refractivity contribution in [3.8, 4) is 0 Å². The third-order valence-electron chi connectivity index (χ3n) is 3.65. The van der Waals surface area contributed by atoms with Gasteiger partial charge in [0.2, 0.25) is 0 Å². The van der Waals surface area contributed by atoms with E-state index in [0.29, 0.717) is 17.3 Å². The molecule has 0 amide bonds. The lowest BCUT2D eigenvalue weighted by Gasteiger charge is -2.28. The van der Waals surface area contributed by atoms with Crippen LogP contribution in [0.3, 0.4) is 0 Å². The van der Waals surface area contributed by atoms with Crippen molar-refractivity contribution in [2.45, 2.75) is 31.7 Å². The van der Waals surface area contributed by atoms with Gasteiger partial charge in [0, 0.05) is 24.7 Å². The third-order valence-corrected chi connectivity index (χ3v) is 3.65. The van der Waals surface area contributed by atoms with Crippen LogP contribution in [0.1, 0.15) is 31.2 Å². The highest BCUT2D eigenvalue weighted by Gasteiger charge is 2.23. The van der Waals surface area contributed by atoms with Crippen LogP contribution in [0, 0.1) is 5.82 Å². The molecule has 0 atom stereocenters. The van der Waals surface area contributed by atoms with Crippen LogP contribution >= 0.6 is 0 Å². The van der Waals surface area contributed by atoms with Crippen molar-refractivity contribution in [2.75, 3.05) is 11.9 Å². The molecule has 1 aromatic carbocycles. The zero-order valence-electron chi connectivity index (χ0n) is 11.0. The smallest absolute Gasteiger partial charge is 0.328 e. The summed E-state index contributed by atoms with van der Waals surface area (Å²) >= 11 is 0. The number of nitrogens with zero attached hydrogens (tertiary/aromatic N) is 1. The molecule has 0 radical (unpaired) electrons. The van der Waals surface area contributed by atoms with Crippen LogP contribution in [0.5, 0.6) is 0 Å². The van der Waals surface area contributed by atoms with E-state index in [1.165, 1.54) is 25.0 Å². The number of carbonyl (C=O) groups is 1. The predicted octanol–water partition coefficient (Wildman–Crippen LogP) is 3.30. The van der Waals surface area contributed by atoms with Crippen LogP contribution in [0.25, 0.3) is 6.08 Å². The Balaban J connectivity index is 2.33. The summed E-state index contributed by atoms with van der Waals surface area (Å²) in [5, 5.41) is 8.69. The van der Waals surface area contributed by atoms with Gasteiger partial charge < -0.3 is 10.0 Å². The molecule has 0 spiro atoms. The Labute approximate surface area is 112 Å². The van der Waals surface area contributed by atoms with Crippen molar-refractivity contribution < 1.29 is 14.3 Å². The summed E-state index contributed by atoms with van der Waals surface area (Å²) in [6.45, 7) is 0. The Morgan fingerprint density at radius 3 is 2.74 bits per heavy atom. The second-order valence-electron chi connectivity index (χ2n) is 4.90. The zero-order chi connectivity index (χ0) is 13.8. The molecule has 0 aromatic heterocycles. The molecular formula is C15H18FNO2. The molecule has 19 heavy (non-hydrogen) atoms. The summed E-state index contributed by atoms with van der Waals surface area (Å²) < 4.78 is 14.1. The third kappa shape index (κ3) is 3.13. The van der Waals surface area contributed by atoms with Crippen molar-refractivity contribution >= 4 is 17.7 Å². The van der Waals surface area contributed by atoms with Gasteiger partial charge in [-0.25, -0.2) is 9.18 Å².